The zero-order chi connectivity index (χ0) is 40.7. The van der Waals surface area contributed by atoms with Gasteiger partial charge in [0.05, 0.1) is 6.42 Å². The molecule has 3 unspecified atom stereocenters. The number of nitrogens with zero attached hydrogens (tertiary/aromatic N) is 2. The van der Waals surface area contributed by atoms with Gasteiger partial charge in [0.15, 0.2) is 6.29 Å². The topological polar surface area (TPSA) is 99.1 Å². The molecule has 52 heavy (non-hydrogen) atoms. The van der Waals surface area contributed by atoms with E-state index >= 15 is 0 Å². The number of carbonyl (C=O) groups excluding carboxylic acids is 2. The zero-order valence-corrected chi connectivity index (χ0v) is 36.4. The van der Waals surface area contributed by atoms with Crippen LogP contribution in [-0.2, 0) is 14.4 Å². The van der Waals surface area contributed by atoms with Gasteiger partial charge >= 0.3 is 5.97 Å². The van der Waals surface area contributed by atoms with Gasteiger partial charge in [0.2, 0.25) is 0 Å². The molecular formula is C44H76ClN3O4. The molecular weight excluding hydrogens is 670 g/mol. The van der Waals surface area contributed by atoms with E-state index in [0.29, 0.717) is 29.0 Å². The summed E-state index contributed by atoms with van der Waals surface area (Å²) in [5, 5.41) is 11.9. The van der Waals surface area contributed by atoms with Crippen LogP contribution in [0.2, 0.25) is 0 Å². The first-order valence-corrected chi connectivity index (χ1v) is 20.0. The van der Waals surface area contributed by atoms with Crippen LogP contribution in [0.5, 0.6) is 0 Å². The van der Waals surface area contributed by atoms with E-state index < -0.39 is 17.7 Å². The lowest BCUT2D eigenvalue weighted by Crippen LogP contribution is -2.54. The van der Waals surface area contributed by atoms with Crippen molar-refractivity contribution < 1.29 is 19.5 Å². The van der Waals surface area contributed by atoms with Gasteiger partial charge < -0.3 is 10.4 Å². The molecule has 0 aromatic rings. The van der Waals surface area contributed by atoms with Crippen LogP contribution in [0.3, 0.4) is 0 Å². The lowest BCUT2D eigenvalue weighted by Gasteiger charge is -2.49. The van der Waals surface area contributed by atoms with Crippen LogP contribution in [0.4, 0.5) is 0 Å². The van der Waals surface area contributed by atoms with Gasteiger partial charge in [0.1, 0.15) is 11.4 Å². The van der Waals surface area contributed by atoms with Crippen molar-refractivity contribution in [2.24, 2.45) is 28.2 Å². The Kier molecular flexibility index (Phi) is 26.6. The molecule has 1 rings (SSSR count). The van der Waals surface area contributed by atoms with E-state index in [1.54, 1.807) is 25.5 Å². The van der Waals surface area contributed by atoms with Crippen LogP contribution in [0, 0.1) is 23.2 Å². The third kappa shape index (κ3) is 18.8. The van der Waals surface area contributed by atoms with Crippen LogP contribution in [0.25, 0.3) is 0 Å². The molecule has 0 spiro atoms. The molecule has 0 bridgehead atoms. The quantitative estimate of drug-likeness (QED) is 0.0668. The largest absolute Gasteiger partial charge is 0.481 e. The summed E-state index contributed by atoms with van der Waals surface area (Å²) in [7, 11) is 2.15. The van der Waals surface area contributed by atoms with Crippen molar-refractivity contribution >= 4 is 35.5 Å². The number of aldehydes is 1. The Hall–Kier alpha value is -2.77. The molecule has 0 aromatic heterocycles. The van der Waals surface area contributed by atoms with E-state index in [2.05, 4.69) is 71.8 Å². The number of aliphatic imine (C=N–C) groups is 1. The standard InChI is InChI=1S/C36H59N3O4.C6H11Cl.C2H6/c1-12-26(6)31(24-40)38-36(21-19-30(20-22-36)35(8,9)10)39(11)32(18-15-25(4)5)28(13-2)16-17-29(14-3)34(43)37-27(7)23-33(41)42;1-3-6(2)4-5-7;1-2/h12-14,16-17,24-25,27,30,32H,15,18-23H2,1-11H3,(H,37,43)(H,41,42);4-6H,3H2,1-2H3;1-2H3/b17-16-,26-12+,28-13+,29-14+,38-31+;5-4+;. The number of nitrogens with one attached hydrogen (secondary N) is 1. The van der Waals surface area contributed by atoms with Gasteiger partial charge in [-0.3, -0.25) is 24.3 Å². The van der Waals surface area contributed by atoms with Crippen molar-refractivity contribution in [2.45, 2.75) is 166 Å². The molecule has 0 aromatic carbocycles. The summed E-state index contributed by atoms with van der Waals surface area (Å²) in [4.78, 5) is 43.9. The zero-order valence-electron chi connectivity index (χ0n) is 35.6. The summed E-state index contributed by atoms with van der Waals surface area (Å²) in [5.74, 6) is 0.485. The first kappa shape index (κ1) is 51.3. The number of aliphatic carboxylic acids is 1. The number of halogens is 1. The maximum Gasteiger partial charge on any atom is 0.305 e. The van der Waals surface area contributed by atoms with E-state index in [4.69, 9.17) is 21.7 Å². The monoisotopic (exact) mass is 746 g/mol. The molecule has 8 heteroatoms. The third-order valence-corrected chi connectivity index (χ3v) is 10.2. The van der Waals surface area contributed by atoms with Crippen molar-refractivity contribution in [3.63, 3.8) is 0 Å². The molecule has 0 radical (unpaired) electrons. The molecule has 2 N–H and O–H groups in total. The van der Waals surface area contributed by atoms with Gasteiger partial charge in [-0.05, 0) is 121 Å². The van der Waals surface area contributed by atoms with Crippen LogP contribution in [0.15, 0.2) is 63.7 Å². The lowest BCUT2D eigenvalue weighted by molar-refractivity contribution is -0.137. The van der Waals surface area contributed by atoms with Crippen molar-refractivity contribution in [1.29, 1.82) is 0 Å². The third-order valence-electron chi connectivity index (χ3n) is 10.1. The number of likely N-dealkylation sites (N-methyl/N-ethyl adjacent to an activating group) is 1. The highest BCUT2D eigenvalue weighted by Crippen LogP contribution is 2.45. The highest BCUT2D eigenvalue weighted by Gasteiger charge is 2.44. The SMILES string of the molecule is CC.CCC(C)/C=C/Cl.C\C=C(/C=C\C(=C/C)C(CCC(C)C)N(C)C1(/N=C(C=O)/C(C)=C/C)CCC(C(C)(C)C)CC1)C(=O)NC(C)CC(=O)O. The summed E-state index contributed by atoms with van der Waals surface area (Å²) in [6, 6.07) is -0.461. The van der Waals surface area contributed by atoms with E-state index in [1.165, 1.54) is 6.42 Å². The molecule has 7 nitrogen and oxygen atoms in total. The predicted octanol–water partition coefficient (Wildman–Crippen LogP) is 11.5. The second kappa shape index (κ2) is 26.9. The first-order chi connectivity index (χ1) is 24.4. The minimum atomic E-state index is -0.951. The minimum Gasteiger partial charge on any atom is -0.481 e. The van der Waals surface area contributed by atoms with Crippen molar-refractivity contribution in [2.75, 3.05) is 7.05 Å². The average molecular weight is 747 g/mol. The Morgan fingerprint density at radius 2 is 1.58 bits per heavy atom. The Morgan fingerprint density at radius 1 is 1.00 bits per heavy atom. The second-order valence-corrected chi connectivity index (χ2v) is 15.6. The molecule has 0 aliphatic heterocycles. The highest BCUT2D eigenvalue weighted by atomic mass is 35.5. The van der Waals surface area contributed by atoms with Gasteiger partial charge in [0.25, 0.3) is 5.91 Å². The molecule has 0 saturated heterocycles. The summed E-state index contributed by atoms with van der Waals surface area (Å²) in [6.07, 6.45) is 19.3. The molecule has 1 saturated carbocycles. The van der Waals surface area contributed by atoms with Crippen molar-refractivity contribution in [1.82, 2.24) is 10.2 Å². The summed E-state index contributed by atoms with van der Waals surface area (Å²) in [6.45, 7) is 29.1. The van der Waals surface area contributed by atoms with Crippen molar-refractivity contribution in [3.8, 4) is 0 Å². The minimum absolute atomic E-state index is 0.0181. The summed E-state index contributed by atoms with van der Waals surface area (Å²) < 4.78 is 0. The number of allylic oxidation sites excluding steroid dienone is 5. The summed E-state index contributed by atoms with van der Waals surface area (Å²) >= 11 is 5.29. The maximum atomic E-state index is 12.9. The maximum absolute atomic E-state index is 12.9. The Bertz CT molecular complexity index is 1240. The summed E-state index contributed by atoms with van der Waals surface area (Å²) in [5.41, 5.74) is 4.20. The molecule has 1 fully saturated rings. The number of amides is 1. The van der Waals surface area contributed by atoms with E-state index in [0.717, 1.165) is 56.0 Å². The van der Waals surface area contributed by atoms with Gasteiger partial charge in [-0.25, -0.2) is 0 Å². The molecule has 1 aliphatic carbocycles. The number of hydrogen-bond donors (Lipinski definition) is 2. The number of rotatable bonds is 17. The number of carboxylic acids is 1. The molecule has 298 valence electrons. The molecule has 0 heterocycles. The van der Waals surface area contributed by atoms with Crippen LogP contribution >= 0.6 is 11.6 Å². The number of carbonyl (C=O) groups is 3. The van der Waals surface area contributed by atoms with Gasteiger partial charge in [-0.1, -0.05) is 111 Å². The van der Waals surface area contributed by atoms with Gasteiger partial charge in [-0.15, -0.1) is 0 Å². The fourth-order valence-corrected chi connectivity index (χ4v) is 6.45. The van der Waals surface area contributed by atoms with Crippen LogP contribution in [0.1, 0.15) is 148 Å². The van der Waals surface area contributed by atoms with Crippen molar-refractivity contribution in [3.05, 3.63) is 58.7 Å². The fraction of sp³-hybridized carbons (Fsp3) is 0.682. The highest BCUT2D eigenvalue weighted by molar-refractivity contribution is 6.36. The molecule has 1 aliphatic rings. The molecule has 1 amide bonds. The smallest absolute Gasteiger partial charge is 0.305 e. The fourth-order valence-electron chi connectivity index (χ4n) is 6.20. The van der Waals surface area contributed by atoms with Crippen LogP contribution in [-0.4, -0.2) is 58.7 Å². The lowest BCUT2D eigenvalue weighted by atomic mass is 9.69. The Balaban J connectivity index is 0. The van der Waals surface area contributed by atoms with Crippen LogP contribution < -0.4 is 5.32 Å². The Morgan fingerprint density at radius 3 is 1.96 bits per heavy atom. The van der Waals surface area contributed by atoms with E-state index in [9.17, 15) is 14.4 Å². The Labute approximate surface area is 324 Å². The van der Waals surface area contributed by atoms with E-state index in [-0.39, 0.29) is 23.8 Å². The second-order valence-electron chi connectivity index (χ2n) is 15.3. The number of carboxylic acid groups (broad SMARTS) is 1. The van der Waals surface area contributed by atoms with E-state index in [1.807, 2.05) is 58.9 Å². The number of hydrogen-bond acceptors (Lipinski definition) is 5. The first-order valence-electron chi connectivity index (χ1n) is 19.6. The average Bonchev–Trinajstić information content (AvgIpc) is 3.09. The molecule has 3 atom stereocenters. The van der Waals surface area contributed by atoms with Gasteiger partial charge in [-0.2, -0.15) is 0 Å². The normalized spacial score (nSPS) is 20.9. The van der Waals surface area contributed by atoms with Gasteiger partial charge in [0, 0.05) is 23.2 Å². The predicted molar refractivity (Wildman–Crippen MR) is 225 cm³/mol.